The zero-order valence-corrected chi connectivity index (χ0v) is 21.1. The van der Waals surface area contributed by atoms with Gasteiger partial charge in [0.25, 0.3) is 5.91 Å². The van der Waals surface area contributed by atoms with Gasteiger partial charge in [0.2, 0.25) is 0 Å². The number of carbonyl (C=O) groups is 1. The molecule has 4 aromatic rings. The van der Waals surface area contributed by atoms with Crippen LogP contribution in [0.15, 0.2) is 95.8 Å². The first-order chi connectivity index (χ1) is 18.2. The molecule has 6 rings (SSSR count). The summed E-state index contributed by atoms with van der Waals surface area (Å²) in [6.07, 6.45) is 10.5. The lowest BCUT2D eigenvalue weighted by atomic mass is 10.0. The van der Waals surface area contributed by atoms with Crippen molar-refractivity contribution in [2.75, 3.05) is 24.5 Å². The second-order valence-electron chi connectivity index (χ2n) is 10.0. The fraction of sp³-hybridized carbons (Fsp3) is 0.250. The van der Waals surface area contributed by atoms with E-state index >= 15 is 0 Å². The summed E-state index contributed by atoms with van der Waals surface area (Å²) in [6, 6.07) is 25.1. The number of aromatic amines is 1. The standard InChI is InChI=1S/C32H32N4O/c37-32(28-10-12-30-27(20-28)14-16-34-30)36-18-17-35(22-24-7-3-2-6-15-33-21-24)31-13-11-26(19-29(31)23-36)25-8-4-1-5-9-25/h1,4-5,8-16,19-21,34H,2-3,6-7,17-18,22-23H2/b24-21+,33-15?. The number of fused-ring (bicyclic) bond motifs is 2. The number of aliphatic imine (C=N–C) groups is 1. The average Bonchev–Trinajstić information content (AvgIpc) is 3.32. The number of amides is 1. The van der Waals surface area contributed by atoms with E-state index in [-0.39, 0.29) is 5.91 Å². The molecule has 0 fully saturated rings. The second-order valence-corrected chi connectivity index (χ2v) is 10.0. The highest BCUT2D eigenvalue weighted by molar-refractivity contribution is 5.98. The molecule has 2 aliphatic heterocycles. The molecule has 2 aliphatic rings. The number of benzene rings is 3. The Bertz CT molecular complexity index is 1470. The third kappa shape index (κ3) is 5.08. The molecule has 0 spiro atoms. The van der Waals surface area contributed by atoms with Gasteiger partial charge in [0.05, 0.1) is 0 Å². The molecule has 5 heteroatoms. The fourth-order valence-corrected chi connectivity index (χ4v) is 5.43. The van der Waals surface area contributed by atoms with Gasteiger partial charge in [-0.3, -0.25) is 9.79 Å². The molecule has 3 aromatic carbocycles. The molecule has 0 aliphatic carbocycles. The number of nitrogens with one attached hydrogen (secondary N) is 1. The number of rotatable bonds is 4. The van der Waals surface area contributed by atoms with Gasteiger partial charge in [-0.2, -0.15) is 0 Å². The largest absolute Gasteiger partial charge is 0.365 e. The van der Waals surface area contributed by atoms with Crippen LogP contribution < -0.4 is 4.90 Å². The molecule has 0 saturated heterocycles. The zero-order valence-electron chi connectivity index (χ0n) is 21.1. The van der Waals surface area contributed by atoms with E-state index in [4.69, 9.17) is 0 Å². The molecule has 0 bridgehead atoms. The number of hydrogen-bond donors (Lipinski definition) is 1. The Kier molecular flexibility index (Phi) is 6.59. The fourth-order valence-electron chi connectivity index (χ4n) is 5.43. The molecule has 1 aromatic heterocycles. The van der Waals surface area contributed by atoms with E-state index in [0.29, 0.717) is 13.1 Å². The van der Waals surface area contributed by atoms with Gasteiger partial charge in [0.1, 0.15) is 0 Å². The van der Waals surface area contributed by atoms with Crippen molar-refractivity contribution in [3.05, 3.63) is 102 Å². The van der Waals surface area contributed by atoms with Crippen molar-refractivity contribution in [2.45, 2.75) is 32.2 Å². The Labute approximate surface area is 218 Å². The molecule has 0 atom stereocenters. The summed E-state index contributed by atoms with van der Waals surface area (Å²) in [4.78, 5) is 25.9. The third-order valence-electron chi connectivity index (χ3n) is 7.45. The van der Waals surface area contributed by atoms with Crippen LogP contribution in [0.4, 0.5) is 5.69 Å². The third-order valence-corrected chi connectivity index (χ3v) is 7.45. The Balaban J connectivity index is 1.34. The predicted molar refractivity (Wildman–Crippen MR) is 152 cm³/mol. The van der Waals surface area contributed by atoms with E-state index in [1.54, 1.807) is 0 Å². The maximum absolute atomic E-state index is 13.7. The predicted octanol–water partition coefficient (Wildman–Crippen LogP) is 6.83. The van der Waals surface area contributed by atoms with Crippen molar-refractivity contribution in [3.63, 3.8) is 0 Å². The summed E-state index contributed by atoms with van der Waals surface area (Å²) in [5.74, 6) is 0.0794. The molecule has 1 N–H and O–H groups in total. The van der Waals surface area contributed by atoms with Crippen molar-refractivity contribution in [3.8, 4) is 11.1 Å². The van der Waals surface area contributed by atoms with Gasteiger partial charge in [0.15, 0.2) is 0 Å². The van der Waals surface area contributed by atoms with E-state index in [2.05, 4.69) is 63.5 Å². The number of carbonyl (C=O) groups excluding carboxylic acids is 1. The smallest absolute Gasteiger partial charge is 0.254 e. The van der Waals surface area contributed by atoms with Gasteiger partial charge in [0, 0.05) is 66.9 Å². The van der Waals surface area contributed by atoms with E-state index in [0.717, 1.165) is 42.4 Å². The van der Waals surface area contributed by atoms with Crippen LogP contribution in [0.1, 0.15) is 41.6 Å². The number of aromatic nitrogens is 1. The summed E-state index contributed by atoms with van der Waals surface area (Å²) in [5, 5.41) is 1.06. The first-order valence-electron chi connectivity index (χ1n) is 13.2. The van der Waals surface area contributed by atoms with Crippen molar-refractivity contribution in [2.24, 2.45) is 4.99 Å². The van der Waals surface area contributed by atoms with Gasteiger partial charge in [-0.15, -0.1) is 0 Å². The van der Waals surface area contributed by atoms with Crippen LogP contribution in [0.5, 0.6) is 0 Å². The topological polar surface area (TPSA) is 51.7 Å². The average molecular weight is 489 g/mol. The second kappa shape index (κ2) is 10.5. The molecule has 1 amide bonds. The summed E-state index contributed by atoms with van der Waals surface area (Å²) in [5.41, 5.74) is 7.90. The lowest BCUT2D eigenvalue weighted by Gasteiger charge is -2.26. The quantitative estimate of drug-likeness (QED) is 0.342. The van der Waals surface area contributed by atoms with Crippen LogP contribution in [0.25, 0.3) is 22.0 Å². The maximum Gasteiger partial charge on any atom is 0.254 e. The van der Waals surface area contributed by atoms with Crippen LogP contribution in [0, 0.1) is 0 Å². The van der Waals surface area contributed by atoms with Crippen molar-refractivity contribution in [1.29, 1.82) is 0 Å². The van der Waals surface area contributed by atoms with E-state index in [1.165, 1.54) is 40.8 Å². The Morgan fingerprint density at radius 3 is 2.76 bits per heavy atom. The van der Waals surface area contributed by atoms with Crippen molar-refractivity contribution >= 4 is 28.7 Å². The van der Waals surface area contributed by atoms with Crippen molar-refractivity contribution < 1.29 is 4.79 Å². The number of anilines is 1. The van der Waals surface area contributed by atoms with Gasteiger partial charge in [-0.1, -0.05) is 36.4 Å². The molecule has 0 saturated carbocycles. The summed E-state index contributed by atoms with van der Waals surface area (Å²) >= 11 is 0. The highest BCUT2D eigenvalue weighted by atomic mass is 16.2. The molecular formula is C32H32N4O. The first kappa shape index (κ1) is 23.3. The number of nitrogens with zero attached hydrogens (tertiary/aromatic N) is 3. The Morgan fingerprint density at radius 1 is 0.919 bits per heavy atom. The molecule has 5 nitrogen and oxygen atoms in total. The molecule has 3 heterocycles. The lowest BCUT2D eigenvalue weighted by Crippen LogP contribution is -2.36. The van der Waals surface area contributed by atoms with Gasteiger partial charge >= 0.3 is 0 Å². The molecule has 0 radical (unpaired) electrons. The summed E-state index contributed by atoms with van der Waals surface area (Å²) in [7, 11) is 0. The van der Waals surface area contributed by atoms with Crippen LogP contribution in [-0.2, 0) is 6.54 Å². The normalized spacial score (nSPS) is 17.5. The monoisotopic (exact) mass is 488 g/mol. The van der Waals surface area contributed by atoms with E-state index < -0.39 is 0 Å². The minimum atomic E-state index is 0.0794. The zero-order chi connectivity index (χ0) is 25.0. The highest BCUT2D eigenvalue weighted by Crippen LogP contribution is 2.32. The maximum atomic E-state index is 13.7. The van der Waals surface area contributed by atoms with Crippen molar-refractivity contribution in [1.82, 2.24) is 9.88 Å². The number of H-pyrrole nitrogens is 1. The van der Waals surface area contributed by atoms with Crippen LogP contribution >= 0.6 is 0 Å². The van der Waals surface area contributed by atoms with E-state index in [1.807, 2.05) is 47.6 Å². The van der Waals surface area contributed by atoms with Crippen LogP contribution in [-0.4, -0.2) is 41.6 Å². The summed E-state index contributed by atoms with van der Waals surface area (Å²) < 4.78 is 0. The lowest BCUT2D eigenvalue weighted by molar-refractivity contribution is 0.0751. The molecule has 37 heavy (non-hydrogen) atoms. The minimum Gasteiger partial charge on any atom is -0.365 e. The minimum absolute atomic E-state index is 0.0794. The molecular weight excluding hydrogens is 456 g/mol. The Hall–Kier alpha value is -4.12. The summed E-state index contributed by atoms with van der Waals surface area (Å²) in [6.45, 7) is 2.90. The van der Waals surface area contributed by atoms with Gasteiger partial charge < -0.3 is 14.8 Å². The molecule has 186 valence electrons. The Morgan fingerprint density at radius 2 is 1.84 bits per heavy atom. The number of hydrogen-bond acceptors (Lipinski definition) is 3. The first-order valence-corrected chi connectivity index (χ1v) is 13.2. The molecule has 0 unspecified atom stereocenters. The van der Waals surface area contributed by atoms with Crippen LogP contribution in [0.3, 0.4) is 0 Å². The highest BCUT2D eigenvalue weighted by Gasteiger charge is 2.25. The van der Waals surface area contributed by atoms with E-state index in [9.17, 15) is 4.79 Å². The van der Waals surface area contributed by atoms with Gasteiger partial charge in [-0.05, 0) is 84.3 Å². The van der Waals surface area contributed by atoms with Crippen LogP contribution in [0.2, 0.25) is 0 Å². The SMILES string of the molecule is O=C(c1ccc2[nH]ccc2c1)N1CCN(C/C2=C/N=CCCCC2)c2ccc(-c3ccccc3)cc2C1. The van der Waals surface area contributed by atoms with Gasteiger partial charge in [-0.25, -0.2) is 0 Å².